The minimum Gasteiger partial charge on any atom is -0.326 e. The number of aryl methyl sites for hydroxylation is 2. The van der Waals surface area contributed by atoms with E-state index in [1.165, 1.54) is 22.2 Å². The Balaban J connectivity index is 1.52. The number of aromatic nitrogens is 4. The third-order valence-electron chi connectivity index (χ3n) is 5.29. The number of nitrogens with one attached hydrogen (secondary N) is 2. The lowest BCUT2D eigenvalue weighted by atomic mass is 10.2. The number of benzene rings is 1. The van der Waals surface area contributed by atoms with Crippen LogP contribution in [0.15, 0.2) is 29.4 Å². The number of carbonyl (C=O) groups excluding carboxylic acids is 2. The Bertz CT molecular complexity index is 1340. The summed E-state index contributed by atoms with van der Waals surface area (Å²) in [5, 5.41) is 16.2. The van der Waals surface area contributed by atoms with Gasteiger partial charge in [0, 0.05) is 28.6 Å². The highest BCUT2D eigenvalue weighted by atomic mass is 32.2. The Morgan fingerprint density at radius 3 is 2.30 bits per heavy atom. The molecule has 0 spiro atoms. The van der Waals surface area contributed by atoms with Crippen molar-refractivity contribution in [2.75, 3.05) is 16.4 Å². The maximum atomic E-state index is 12.6. The smallest absolute Gasteiger partial charge is 0.234 e. The van der Waals surface area contributed by atoms with E-state index in [0.717, 1.165) is 21.7 Å². The van der Waals surface area contributed by atoms with Gasteiger partial charge in [0.05, 0.1) is 11.1 Å². The van der Waals surface area contributed by atoms with Gasteiger partial charge >= 0.3 is 0 Å². The van der Waals surface area contributed by atoms with Gasteiger partial charge in [-0.1, -0.05) is 32.5 Å². The van der Waals surface area contributed by atoms with Gasteiger partial charge in [0.2, 0.25) is 11.8 Å². The molecule has 0 radical (unpaired) electrons. The topological polar surface area (TPSA) is 101 Å². The lowest BCUT2D eigenvalue weighted by molar-refractivity contribution is -0.116. The molecule has 0 atom stereocenters. The third kappa shape index (κ3) is 4.72. The summed E-state index contributed by atoms with van der Waals surface area (Å²) in [5.41, 5.74) is 3.32. The molecule has 0 aliphatic heterocycles. The maximum absolute atomic E-state index is 12.6. The van der Waals surface area contributed by atoms with Gasteiger partial charge in [-0.05, 0) is 43.7 Å². The highest BCUT2D eigenvalue weighted by Gasteiger charge is 2.21. The number of thioether (sulfide) groups is 1. The van der Waals surface area contributed by atoms with Crippen LogP contribution in [0.2, 0.25) is 0 Å². The molecule has 0 aliphatic rings. The summed E-state index contributed by atoms with van der Waals surface area (Å²) in [4.78, 5) is 31.2. The Labute approximate surface area is 200 Å². The first-order valence-corrected chi connectivity index (χ1v) is 12.6. The molecule has 1 aromatic carbocycles. The first-order chi connectivity index (χ1) is 15.8. The number of nitrogens with zero attached hydrogens (tertiary/aromatic N) is 4. The van der Waals surface area contributed by atoms with Crippen molar-refractivity contribution in [2.24, 2.45) is 0 Å². The number of carbonyl (C=O) groups is 2. The molecule has 3 heterocycles. The zero-order valence-electron chi connectivity index (χ0n) is 19.2. The van der Waals surface area contributed by atoms with E-state index in [4.69, 9.17) is 4.98 Å². The van der Waals surface area contributed by atoms with Crippen molar-refractivity contribution < 1.29 is 9.59 Å². The standard InChI is InChI=1S/C23H26N6O2S2/c1-6-17(30)24-15-7-9-16(10-8-15)25-18(31)11-32-23-28-27-21-19-13(4)14(5)33-22(19)26-20(12(2)3)29(21)23/h7-10,12H,6,11H2,1-5H3,(H,24,30)(H,25,31). The van der Waals surface area contributed by atoms with Crippen molar-refractivity contribution >= 4 is 62.2 Å². The van der Waals surface area contributed by atoms with Crippen LogP contribution >= 0.6 is 23.1 Å². The van der Waals surface area contributed by atoms with Gasteiger partial charge in [-0.15, -0.1) is 21.5 Å². The van der Waals surface area contributed by atoms with Crippen LogP contribution in [0.3, 0.4) is 0 Å². The second kappa shape index (κ2) is 9.48. The molecule has 172 valence electrons. The van der Waals surface area contributed by atoms with Crippen molar-refractivity contribution in [2.45, 2.75) is 52.1 Å². The van der Waals surface area contributed by atoms with E-state index in [0.29, 0.717) is 23.0 Å². The van der Waals surface area contributed by atoms with Crippen LogP contribution in [0, 0.1) is 13.8 Å². The fourth-order valence-electron chi connectivity index (χ4n) is 3.44. The number of fused-ring (bicyclic) bond motifs is 3. The van der Waals surface area contributed by atoms with E-state index in [-0.39, 0.29) is 23.5 Å². The molecule has 8 nitrogen and oxygen atoms in total. The molecule has 3 aromatic heterocycles. The van der Waals surface area contributed by atoms with Crippen LogP contribution in [0.25, 0.3) is 15.9 Å². The molecule has 10 heteroatoms. The Kier molecular flexibility index (Phi) is 6.66. The monoisotopic (exact) mass is 482 g/mol. The zero-order chi connectivity index (χ0) is 23.7. The first kappa shape index (κ1) is 23.2. The number of hydrogen-bond acceptors (Lipinski definition) is 7. The lowest BCUT2D eigenvalue weighted by Gasteiger charge is -2.11. The largest absolute Gasteiger partial charge is 0.326 e. The molecule has 2 amide bonds. The molecule has 4 aromatic rings. The van der Waals surface area contributed by atoms with Crippen molar-refractivity contribution in [3.63, 3.8) is 0 Å². The van der Waals surface area contributed by atoms with Crippen molar-refractivity contribution in [1.82, 2.24) is 19.6 Å². The van der Waals surface area contributed by atoms with E-state index in [2.05, 4.69) is 48.5 Å². The zero-order valence-corrected chi connectivity index (χ0v) is 20.9. The fraction of sp³-hybridized carbons (Fsp3) is 0.348. The van der Waals surface area contributed by atoms with E-state index in [9.17, 15) is 9.59 Å². The van der Waals surface area contributed by atoms with Crippen molar-refractivity contribution in [1.29, 1.82) is 0 Å². The fourth-order valence-corrected chi connectivity index (χ4v) is 5.21. The van der Waals surface area contributed by atoms with Crippen LogP contribution in [-0.2, 0) is 9.59 Å². The summed E-state index contributed by atoms with van der Waals surface area (Å²) in [6.07, 6.45) is 0.415. The summed E-state index contributed by atoms with van der Waals surface area (Å²) in [5.74, 6) is 1.05. The maximum Gasteiger partial charge on any atom is 0.234 e. The highest BCUT2D eigenvalue weighted by molar-refractivity contribution is 7.99. The van der Waals surface area contributed by atoms with Gasteiger partial charge in [-0.2, -0.15) is 0 Å². The average molecular weight is 483 g/mol. The Morgan fingerprint density at radius 1 is 1.06 bits per heavy atom. The van der Waals surface area contributed by atoms with Gasteiger partial charge in [0.25, 0.3) is 0 Å². The number of rotatable bonds is 7. The van der Waals surface area contributed by atoms with Crippen LogP contribution < -0.4 is 10.6 Å². The molecule has 0 bridgehead atoms. The average Bonchev–Trinajstić information content (AvgIpc) is 3.33. The quantitative estimate of drug-likeness (QED) is 0.353. The van der Waals surface area contributed by atoms with Crippen molar-refractivity contribution in [3.05, 3.63) is 40.5 Å². The normalized spacial score (nSPS) is 11.5. The van der Waals surface area contributed by atoms with Gasteiger partial charge < -0.3 is 10.6 Å². The summed E-state index contributed by atoms with van der Waals surface area (Å²) >= 11 is 3.01. The predicted molar refractivity (Wildman–Crippen MR) is 134 cm³/mol. The SMILES string of the molecule is CCC(=O)Nc1ccc(NC(=O)CSc2nnc3c4c(C)c(C)sc4nc(C(C)C)n23)cc1. The summed E-state index contributed by atoms with van der Waals surface area (Å²) < 4.78 is 1.98. The molecule has 0 unspecified atom stereocenters. The van der Waals surface area contributed by atoms with E-state index in [1.807, 2.05) is 4.40 Å². The predicted octanol–water partition coefficient (Wildman–Crippen LogP) is 5.16. The van der Waals surface area contributed by atoms with E-state index < -0.39 is 0 Å². The van der Waals surface area contributed by atoms with E-state index >= 15 is 0 Å². The number of thiophene rings is 1. The lowest BCUT2D eigenvalue weighted by Crippen LogP contribution is -2.15. The highest BCUT2D eigenvalue weighted by Crippen LogP contribution is 2.34. The third-order valence-corrected chi connectivity index (χ3v) is 7.32. The summed E-state index contributed by atoms with van der Waals surface area (Å²) in [6.45, 7) is 10.2. The van der Waals surface area contributed by atoms with Crippen LogP contribution in [0.4, 0.5) is 11.4 Å². The second-order valence-electron chi connectivity index (χ2n) is 8.05. The Hall–Kier alpha value is -2.98. The van der Waals surface area contributed by atoms with Gasteiger partial charge in [0.1, 0.15) is 10.7 Å². The molecule has 33 heavy (non-hydrogen) atoms. The molecule has 0 saturated heterocycles. The molecule has 4 rings (SSSR count). The number of hydrogen-bond donors (Lipinski definition) is 2. The van der Waals surface area contributed by atoms with Gasteiger partial charge in [-0.25, -0.2) is 4.98 Å². The first-order valence-electron chi connectivity index (χ1n) is 10.8. The van der Waals surface area contributed by atoms with Gasteiger partial charge in [-0.3, -0.25) is 14.0 Å². The Morgan fingerprint density at radius 2 is 1.70 bits per heavy atom. The van der Waals surface area contributed by atoms with E-state index in [1.54, 1.807) is 42.5 Å². The summed E-state index contributed by atoms with van der Waals surface area (Å²) in [6, 6.07) is 7.05. The number of anilines is 2. The molecule has 2 N–H and O–H groups in total. The van der Waals surface area contributed by atoms with Crippen LogP contribution in [-0.4, -0.2) is 37.1 Å². The molecule has 0 saturated carbocycles. The van der Waals surface area contributed by atoms with Crippen molar-refractivity contribution in [3.8, 4) is 0 Å². The molecule has 0 fully saturated rings. The minimum atomic E-state index is -0.148. The summed E-state index contributed by atoms with van der Waals surface area (Å²) in [7, 11) is 0. The molecular formula is C23H26N6O2S2. The number of amides is 2. The minimum absolute atomic E-state index is 0.0518. The molecule has 0 aliphatic carbocycles. The van der Waals surface area contributed by atoms with Gasteiger partial charge in [0.15, 0.2) is 10.8 Å². The molecular weight excluding hydrogens is 456 g/mol. The second-order valence-corrected chi connectivity index (χ2v) is 10.2. The van der Waals surface area contributed by atoms with Crippen LogP contribution in [0.1, 0.15) is 49.4 Å². The van der Waals surface area contributed by atoms with Crippen LogP contribution in [0.5, 0.6) is 0 Å².